The summed E-state index contributed by atoms with van der Waals surface area (Å²) in [6, 6.07) is 0. The van der Waals surface area contributed by atoms with Gasteiger partial charge in [-0.15, -0.1) is 6.58 Å². The Bertz CT molecular complexity index is 638. The molecule has 2 heterocycles. The Labute approximate surface area is 187 Å². The summed E-state index contributed by atoms with van der Waals surface area (Å²) in [6.45, 7) is 11.3. The minimum absolute atomic E-state index is 0.0503. The molecule has 1 aliphatic carbocycles. The molecular formula is C23H40N4O2S. The van der Waals surface area contributed by atoms with Crippen LogP contribution in [0.4, 0.5) is 10.6 Å². The van der Waals surface area contributed by atoms with Crippen molar-refractivity contribution < 1.29 is 9.53 Å². The molecule has 2 N–H and O–H groups in total. The quantitative estimate of drug-likeness (QED) is 0.524. The summed E-state index contributed by atoms with van der Waals surface area (Å²) in [5.41, 5.74) is 2.14. The largest absolute Gasteiger partial charge is 0.495 e. The van der Waals surface area contributed by atoms with Crippen LogP contribution in [0.3, 0.4) is 0 Å². The van der Waals surface area contributed by atoms with Gasteiger partial charge in [-0.3, -0.25) is 4.79 Å². The van der Waals surface area contributed by atoms with Crippen molar-refractivity contribution >= 4 is 22.8 Å². The number of carbonyl (C=O) groups excluding carboxylic acids is 1. The molecule has 1 atom stereocenters. The summed E-state index contributed by atoms with van der Waals surface area (Å²) in [5.74, 6) is 1.84. The lowest BCUT2D eigenvalue weighted by molar-refractivity contribution is 0.178. The van der Waals surface area contributed by atoms with Crippen LogP contribution in [0.25, 0.3) is 0 Å². The number of amides is 1. The van der Waals surface area contributed by atoms with Crippen LogP contribution in [0.2, 0.25) is 0 Å². The number of anilines is 1. The molecule has 6 nitrogen and oxygen atoms in total. The van der Waals surface area contributed by atoms with Crippen molar-refractivity contribution in [2.24, 2.45) is 0 Å². The average molecular weight is 437 g/mol. The number of carbonyl (C=O) groups is 1. The number of hydrogen-bond donors (Lipinski definition) is 2. The van der Waals surface area contributed by atoms with Gasteiger partial charge in [-0.25, -0.2) is 9.97 Å². The normalized spacial score (nSPS) is 17.8. The molecule has 1 aromatic rings. The highest BCUT2D eigenvalue weighted by Crippen LogP contribution is 2.24. The van der Waals surface area contributed by atoms with Crippen molar-refractivity contribution in [3.63, 3.8) is 0 Å². The lowest BCUT2D eigenvalue weighted by Crippen LogP contribution is -2.10. The zero-order valence-corrected chi connectivity index (χ0v) is 20.4. The van der Waals surface area contributed by atoms with Gasteiger partial charge in [-0.05, 0) is 45.9 Å². The molecule has 30 heavy (non-hydrogen) atoms. The summed E-state index contributed by atoms with van der Waals surface area (Å²) >= 11 is 1.14. The van der Waals surface area contributed by atoms with E-state index in [1.165, 1.54) is 32.1 Å². The van der Waals surface area contributed by atoms with Gasteiger partial charge in [0.2, 0.25) is 0 Å². The van der Waals surface area contributed by atoms with E-state index in [0.717, 1.165) is 47.4 Å². The number of ether oxygens (including phenoxy) is 1. The van der Waals surface area contributed by atoms with E-state index in [-0.39, 0.29) is 5.24 Å². The molecule has 3 rings (SSSR count). The third kappa shape index (κ3) is 13.2. The molecule has 0 aromatic carbocycles. The molecule has 1 unspecified atom stereocenters. The lowest BCUT2D eigenvalue weighted by atomic mass is 10.2. The maximum Gasteiger partial charge on any atom is 0.283 e. The van der Waals surface area contributed by atoms with E-state index in [0.29, 0.717) is 6.10 Å². The molecular weight excluding hydrogens is 396 g/mol. The first kappa shape index (κ1) is 28.0. The first-order valence-corrected chi connectivity index (χ1v) is 11.5. The summed E-state index contributed by atoms with van der Waals surface area (Å²) in [7, 11) is 3.47. The van der Waals surface area contributed by atoms with Crippen molar-refractivity contribution in [1.82, 2.24) is 15.3 Å². The summed E-state index contributed by atoms with van der Waals surface area (Å²) in [5, 5.41) is 7.24. The minimum atomic E-state index is -0.0503. The molecule has 2 fully saturated rings. The Morgan fingerprint density at radius 2 is 1.77 bits per heavy atom. The molecule has 1 saturated carbocycles. The summed E-state index contributed by atoms with van der Waals surface area (Å²) in [6.07, 6.45) is 13.1. The number of allylic oxidation sites excluding steroid dienone is 2. The number of rotatable bonds is 2. The van der Waals surface area contributed by atoms with Gasteiger partial charge in [0.25, 0.3) is 5.24 Å². The number of aryl methyl sites for hydroxylation is 1. The van der Waals surface area contributed by atoms with Crippen LogP contribution in [0.5, 0.6) is 0 Å². The summed E-state index contributed by atoms with van der Waals surface area (Å²) < 4.78 is 5.42. The maximum absolute atomic E-state index is 10.8. The average Bonchev–Trinajstić information content (AvgIpc) is 3.44. The van der Waals surface area contributed by atoms with Crippen molar-refractivity contribution in [3.05, 3.63) is 41.4 Å². The van der Waals surface area contributed by atoms with Gasteiger partial charge < -0.3 is 15.4 Å². The maximum atomic E-state index is 10.8. The highest BCUT2D eigenvalue weighted by Gasteiger charge is 2.15. The number of hydrogen-bond acceptors (Lipinski definition) is 6. The Morgan fingerprint density at radius 3 is 2.17 bits per heavy atom. The molecule has 0 spiro atoms. The van der Waals surface area contributed by atoms with Crippen LogP contribution in [-0.2, 0) is 4.74 Å². The van der Waals surface area contributed by atoms with Crippen molar-refractivity contribution in [3.8, 4) is 0 Å². The topological polar surface area (TPSA) is 76.1 Å². The van der Waals surface area contributed by atoms with Crippen molar-refractivity contribution in [2.75, 3.05) is 19.4 Å². The van der Waals surface area contributed by atoms with Crippen molar-refractivity contribution in [1.29, 1.82) is 0 Å². The molecule has 1 saturated heterocycles. The van der Waals surface area contributed by atoms with E-state index in [2.05, 4.69) is 27.2 Å². The van der Waals surface area contributed by atoms with Crippen LogP contribution >= 0.6 is 11.8 Å². The van der Waals surface area contributed by atoms with E-state index < -0.39 is 0 Å². The molecule has 7 heteroatoms. The molecule has 0 radical (unpaired) electrons. The van der Waals surface area contributed by atoms with E-state index in [4.69, 9.17) is 4.74 Å². The van der Waals surface area contributed by atoms with Crippen molar-refractivity contribution in [2.45, 2.75) is 78.7 Å². The Kier molecular flexibility index (Phi) is 16.6. The van der Waals surface area contributed by atoms with Gasteiger partial charge >= 0.3 is 0 Å². The zero-order chi connectivity index (χ0) is 22.8. The Hall–Kier alpha value is -2.02. The van der Waals surface area contributed by atoms with Gasteiger partial charge in [0.1, 0.15) is 17.9 Å². The fraction of sp³-hybridized carbons (Fsp3) is 0.609. The van der Waals surface area contributed by atoms with Crippen LogP contribution in [0.1, 0.15) is 70.1 Å². The van der Waals surface area contributed by atoms with Gasteiger partial charge in [0.05, 0.1) is 6.10 Å². The fourth-order valence-corrected chi connectivity index (χ4v) is 3.19. The standard InChI is InChI=1S/C8H13NO2S.C7H11N3.C5H10.C3H6/c1-6-3-4-7(11-6)5-12-8(10)9-2;1-5-6(2)9-4-10-7(5)8-3;1-2-4-5-3-1;1-3-2/h5-6H,3-4H2,1-2H3,(H,9,10);4H,1-3H3,(H,8,9,10);1-5H2;3H,1H2,2H3/b7-5+;;;. The predicted molar refractivity (Wildman–Crippen MR) is 130 cm³/mol. The molecule has 2 aliphatic rings. The van der Waals surface area contributed by atoms with Crippen LogP contribution in [0, 0.1) is 13.8 Å². The second-order valence-electron chi connectivity index (χ2n) is 7.07. The first-order valence-electron chi connectivity index (χ1n) is 10.7. The molecule has 0 bridgehead atoms. The second kappa shape index (κ2) is 17.8. The predicted octanol–water partition coefficient (Wildman–Crippen LogP) is 6.38. The van der Waals surface area contributed by atoms with Crippen LogP contribution in [-0.4, -0.2) is 35.4 Å². The fourth-order valence-electron chi connectivity index (χ4n) is 2.66. The monoisotopic (exact) mass is 436 g/mol. The smallest absolute Gasteiger partial charge is 0.283 e. The minimum Gasteiger partial charge on any atom is -0.495 e. The van der Waals surface area contributed by atoms with Gasteiger partial charge in [-0.1, -0.05) is 38.2 Å². The highest BCUT2D eigenvalue weighted by molar-refractivity contribution is 8.16. The molecule has 170 valence electrons. The Morgan fingerprint density at radius 1 is 1.20 bits per heavy atom. The van der Waals surface area contributed by atoms with E-state index in [9.17, 15) is 4.79 Å². The highest BCUT2D eigenvalue weighted by atomic mass is 32.2. The van der Waals surface area contributed by atoms with E-state index in [1.54, 1.807) is 24.9 Å². The number of nitrogens with one attached hydrogen (secondary N) is 2. The van der Waals surface area contributed by atoms with Gasteiger partial charge in [-0.2, -0.15) is 0 Å². The number of nitrogens with zero attached hydrogens (tertiary/aromatic N) is 2. The number of aromatic nitrogens is 2. The Balaban J connectivity index is 0.000000418. The van der Waals surface area contributed by atoms with Crippen LogP contribution in [0.15, 0.2) is 30.1 Å². The SMILES string of the molecule is C1CCCC1.C=CC.CNC(=O)S/C=C1\CCC(C)O1.CNc1ncnc(C)c1C. The van der Waals surface area contributed by atoms with Gasteiger partial charge in [0.15, 0.2) is 0 Å². The molecule has 1 aliphatic heterocycles. The first-order chi connectivity index (χ1) is 14.4. The summed E-state index contributed by atoms with van der Waals surface area (Å²) in [4.78, 5) is 18.9. The zero-order valence-electron chi connectivity index (χ0n) is 19.6. The molecule has 1 aromatic heterocycles. The third-order valence-corrected chi connectivity index (χ3v) is 5.27. The number of thioether (sulfide) groups is 1. The van der Waals surface area contributed by atoms with E-state index in [1.807, 2.05) is 34.7 Å². The van der Waals surface area contributed by atoms with Crippen LogP contribution < -0.4 is 10.6 Å². The second-order valence-corrected chi connectivity index (χ2v) is 7.91. The van der Waals surface area contributed by atoms with E-state index >= 15 is 0 Å². The third-order valence-electron chi connectivity index (χ3n) is 4.47. The lowest BCUT2D eigenvalue weighted by Gasteiger charge is -2.03. The molecule has 1 amide bonds. The van der Waals surface area contributed by atoms with Gasteiger partial charge in [0, 0.05) is 37.2 Å².